The number of carbonyl (C=O) groups excluding carboxylic acids is 1. The van der Waals surface area contributed by atoms with E-state index in [4.69, 9.17) is 9.47 Å². The third-order valence-electron chi connectivity index (χ3n) is 4.19. The molecule has 124 valence electrons. The highest BCUT2D eigenvalue weighted by Crippen LogP contribution is 2.20. The number of fused-ring (bicyclic) bond motifs is 1. The van der Waals surface area contributed by atoms with Crippen LogP contribution in [0.3, 0.4) is 0 Å². The molecule has 6 nitrogen and oxygen atoms in total. The van der Waals surface area contributed by atoms with Gasteiger partial charge in [0, 0.05) is 36.7 Å². The first-order valence-electron chi connectivity index (χ1n) is 7.96. The second-order valence-corrected chi connectivity index (χ2v) is 5.78. The van der Waals surface area contributed by atoms with E-state index in [9.17, 15) is 9.90 Å². The van der Waals surface area contributed by atoms with E-state index >= 15 is 0 Å². The summed E-state index contributed by atoms with van der Waals surface area (Å²) >= 11 is 0. The predicted octanol–water partition coefficient (Wildman–Crippen LogP) is 1.93. The number of β-amino-alcohol motifs (C(OH)–C–C–N with tert-alkyl or cyclic N) is 1. The van der Waals surface area contributed by atoms with Crippen LogP contribution in [0, 0.1) is 0 Å². The van der Waals surface area contributed by atoms with Gasteiger partial charge in [-0.2, -0.15) is 0 Å². The van der Waals surface area contributed by atoms with E-state index in [0.717, 1.165) is 18.5 Å². The van der Waals surface area contributed by atoms with Gasteiger partial charge in [-0.05, 0) is 25.0 Å². The molecule has 0 saturated carbocycles. The second-order valence-electron chi connectivity index (χ2n) is 5.78. The summed E-state index contributed by atoms with van der Waals surface area (Å²) in [4.78, 5) is 16.7. The number of aromatic nitrogens is 1. The monoisotopic (exact) mass is 318 g/mol. The maximum Gasteiger partial charge on any atom is 0.508 e. The first-order valence-corrected chi connectivity index (χ1v) is 7.96. The Balaban J connectivity index is 1.54. The Kier molecular flexibility index (Phi) is 4.83. The molecule has 2 atom stereocenters. The number of hydrogen-bond donors (Lipinski definition) is 2. The van der Waals surface area contributed by atoms with Crippen molar-refractivity contribution in [1.29, 1.82) is 0 Å². The lowest BCUT2D eigenvalue weighted by atomic mass is 10.1. The number of aromatic amines is 1. The summed E-state index contributed by atoms with van der Waals surface area (Å²) in [6.45, 7) is 3.84. The van der Waals surface area contributed by atoms with Crippen LogP contribution in [0.2, 0.25) is 0 Å². The maximum absolute atomic E-state index is 11.4. The molecule has 0 bridgehead atoms. The number of nitrogens with one attached hydrogen (secondary N) is 1. The Labute approximate surface area is 135 Å². The number of ether oxygens (including phenoxy) is 2. The van der Waals surface area contributed by atoms with Crippen LogP contribution in [0.5, 0.6) is 0 Å². The number of nitrogens with zero attached hydrogens (tertiary/aromatic N) is 1. The third kappa shape index (κ3) is 3.65. The SMILES string of the molecule is CCOC(=O)O[C@H]1CN(CCc2c[nH]c3ccccc23)C[C@@H]1O. The smallest absolute Gasteiger partial charge is 0.435 e. The van der Waals surface area contributed by atoms with Gasteiger partial charge in [-0.15, -0.1) is 0 Å². The molecular weight excluding hydrogens is 296 g/mol. The molecule has 1 aromatic heterocycles. The van der Waals surface area contributed by atoms with Crippen molar-refractivity contribution in [3.63, 3.8) is 0 Å². The van der Waals surface area contributed by atoms with Crippen LogP contribution in [0.15, 0.2) is 30.5 Å². The van der Waals surface area contributed by atoms with Crippen molar-refractivity contribution < 1.29 is 19.4 Å². The zero-order valence-corrected chi connectivity index (χ0v) is 13.2. The Bertz CT molecular complexity index is 669. The van der Waals surface area contributed by atoms with E-state index < -0.39 is 18.4 Å². The minimum absolute atomic E-state index is 0.270. The number of H-pyrrole nitrogens is 1. The summed E-state index contributed by atoms with van der Waals surface area (Å²) in [6.07, 6.45) is 1.02. The molecule has 0 amide bonds. The third-order valence-corrected chi connectivity index (χ3v) is 4.19. The van der Waals surface area contributed by atoms with E-state index in [0.29, 0.717) is 13.1 Å². The molecular formula is C17H22N2O4. The van der Waals surface area contributed by atoms with Crippen LogP contribution in [0.25, 0.3) is 10.9 Å². The predicted molar refractivity (Wildman–Crippen MR) is 86.3 cm³/mol. The van der Waals surface area contributed by atoms with Gasteiger partial charge in [-0.1, -0.05) is 18.2 Å². The van der Waals surface area contributed by atoms with Crippen molar-refractivity contribution in [1.82, 2.24) is 9.88 Å². The van der Waals surface area contributed by atoms with E-state index in [1.54, 1.807) is 6.92 Å². The normalized spacial score (nSPS) is 21.7. The highest BCUT2D eigenvalue weighted by Gasteiger charge is 2.34. The lowest BCUT2D eigenvalue weighted by Gasteiger charge is -2.15. The van der Waals surface area contributed by atoms with Gasteiger partial charge in [0.15, 0.2) is 0 Å². The molecule has 0 spiro atoms. The lowest BCUT2D eigenvalue weighted by Crippen LogP contribution is -2.30. The van der Waals surface area contributed by atoms with Gasteiger partial charge in [-0.25, -0.2) is 4.79 Å². The highest BCUT2D eigenvalue weighted by molar-refractivity contribution is 5.83. The minimum Gasteiger partial charge on any atom is -0.435 e. The van der Waals surface area contributed by atoms with Gasteiger partial charge in [0.2, 0.25) is 0 Å². The van der Waals surface area contributed by atoms with Crippen molar-refractivity contribution in [3.05, 3.63) is 36.0 Å². The fraction of sp³-hybridized carbons (Fsp3) is 0.471. The lowest BCUT2D eigenvalue weighted by molar-refractivity contribution is -0.00890. The molecule has 23 heavy (non-hydrogen) atoms. The first kappa shape index (κ1) is 15.8. The summed E-state index contributed by atoms with van der Waals surface area (Å²) in [6, 6.07) is 8.20. The molecule has 1 aromatic carbocycles. The van der Waals surface area contributed by atoms with Crippen LogP contribution in [-0.2, 0) is 15.9 Å². The van der Waals surface area contributed by atoms with E-state index in [1.165, 1.54) is 10.9 Å². The number of carbonyl (C=O) groups is 1. The summed E-state index contributed by atoms with van der Waals surface area (Å²) in [5.41, 5.74) is 2.39. The van der Waals surface area contributed by atoms with Gasteiger partial charge in [0.05, 0.1) is 6.61 Å². The fourth-order valence-electron chi connectivity index (χ4n) is 3.02. The number of benzene rings is 1. The van der Waals surface area contributed by atoms with Crippen LogP contribution in [0.4, 0.5) is 4.79 Å². The Morgan fingerprint density at radius 1 is 1.39 bits per heavy atom. The van der Waals surface area contributed by atoms with E-state index in [1.807, 2.05) is 18.3 Å². The molecule has 0 aliphatic carbocycles. The van der Waals surface area contributed by atoms with Gasteiger partial charge < -0.3 is 19.6 Å². The molecule has 1 aliphatic rings. The van der Waals surface area contributed by atoms with Crippen molar-refractivity contribution >= 4 is 17.1 Å². The van der Waals surface area contributed by atoms with Crippen molar-refractivity contribution in [2.75, 3.05) is 26.2 Å². The van der Waals surface area contributed by atoms with Crippen LogP contribution in [-0.4, -0.2) is 59.6 Å². The Morgan fingerprint density at radius 3 is 3.04 bits per heavy atom. The zero-order chi connectivity index (χ0) is 16.2. The van der Waals surface area contributed by atoms with E-state index in [-0.39, 0.29) is 6.61 Å². The quantitative estimate of drug-likeness (QED) is 0.824. The molecule has 2 aromatic rings. The molecule has 0 unspecified atom stereocenters. The number of likely N-dealkylation sites (tertiary alicyclic amines) is 1. The summed E-state index contributed by atoms with van der Waals surface area (Å²) in [7, 11) is 0. The molecule has 1 saturated heterocycles. The van der Waals surface area contributed by atoms with Crippen molar-refractivity contribution in [3.8, 4) is 0 Å². The molecule has 6 heteroatoms. The maximum atomic E-state index is 11.4. The fourth-order valence-corrected chi connectivity index (χ4v) is 3.02. The van der Waals surface area contributed by atoms with Crippen LogP contribution >= 0.6 is 0 Å². The molecule has 1 aliphatic heterocycles. The number of rotatable bonds is 5. The molecule has 0 radical (unpaired) electrons. The topological polar surface area (TPSA) is 74.8 Å². The molecule has 3 rings (SSSR count). The molecule has 1 fully saturated rings. The number of para-hydroxylation sites is 1. The van der Waals surface area contributed by atoms with Crippen molar-refractivity contribution in [2.45, 2.75) is 25.6 Å². The number of aliphatic hydroxyl groups is 1. The van der Waals surface area contributed by atoms with Crippen LogP contribution < -0.4 is 0 Å². The van der Waals surface area contributed by atoms with Crippen LogP contribution in [0.1, 0.15) is 12.5 Å². The van der Waals surface area contributed by atoms with E-state index in [2.05, 4.69) is 22.0 Å². The standard InChI is InChI=1S/C17H22N2O4/c1-2-22-17(21)23-16-11-19(10-15(16)20)8-7-12-9-18-14-6-4-3-5-13(12)14/h3-6,9,15-16,18,20H,2,7-8,10-11H2,1H3/t15-,16-/m0/s1. The summed E-state index contributed by atoms with van der Waals surface area (Å²) in [5, 5.41) is 11.3. The van der Waals surface area contributed by atoms with Crippen molar-refractivity contribution in [2.24, 2.45) is 0 Å². The van der Waals surface area contributed by atoms with Gasteiger partial charge >= 0.3 is 6.16 Å². The average molecular weight is 318 g/mol. The largest absolute Gasteiger partial charge is 0.508 e. The Morgan fingerprint density at radius 2 is 2.22 bits per heavy atom. The average Bonchev–Trinajstić information content (AvgIpc) is 3.09. The minimum atomic E-state index is -0.713. The molecule has 2 heterocycles. The highest BCUT2D eigenvalue weighted by atomic mass is 16.7. The first-order chi connectivity index (χ1) is 11.2. The van der Waals surface area contributed by atoms with Gasteiger partial charge in [0.25, 0.3) is 0 Å². The summed E-state index contributed by atoms with van der Waals surface area (Å²) in [5.74, 6) is 0. The van der Waals surface area contributed by atoms with Gasteiger partial charge in [-0.3, -0.25) is 4.90 Å². The van der Waals surface area contributed by atoms with Gasteiger partial charge in [0.1, 0.15) is 12.2 Å². The second kappa shape index (κ2) is 7.02. The zero-order valence-electron chi connectivity index (χ0n) is 13.2. The summed E-state index contributed by atoms with van der Waals surface area (Å²) < 4.78 is 9.90. The number of hydrogen-bond acceptors (Lipinski definition) is 5. The number of aliphatic hydroxyl groups excluding tert-OH is 1. The molecule has 2 N–H and O–H groups in total. The Hall–Kier alpha value is -2.05.